The third-order valence-corrected chi connectivity index (χ3v) is 9.36. The molecule has 0 spiro atoms. The number of hydrogen-bond donors (Lipinski definition) is 0. The second-order valence-corrected chi connectivity index (χ2v) is 20.1. The average Bonchev–Trinajstić information content (AvgIpc) is 2.98. The quantitative estimate of drug-likeness (QED) is 0.297. The van der Waals surface area contributed by atoms with E-state index >= 15 is 0 Å². The van der Waals surface area contributed by atoms with Crippen LogP contribution in [-0.2, 0) is 27.2 Å². The van der Waals surface area contributed by atoms with Crippen LogP contribution in [0.4, 0.5) is 0 Å². The van der Waals surface area contributed by atoms with Crippen LogP contribution in [0.1, 0.15) is 11.1 Å². The van der Waals surface area contributed by atoms with E-state index in [0.29, 0.717) is 0 Å². The summed E-state index contributed by atoms with van der Waals surface area (Å²) in [6, 6.07) is 13.0. The molecule has 157 valence electrons. The van der Waals surface area contributed by atoms with Gasteiger partial charge in [0.1, 0.15) is 0 Å². The van der Waals surface area contributed by atoms with Gasteiger partial charge < -0.3 is 4.57 Å². The Balaban J connectivity index is 0.00000300. The third-order valence-electron chi connectivity index (χ3n) is 5.46. The molecule has 0 amide bonds. The van der Waals surface area contributed by atoms with Crippen LogP contribution in [0, 0.1) is 19.9 Å². The molecule has 2 aromatic carbocycles. The number of aryl methyl sites for hydroxylation is 3. The van der Waals surface area contributed by atoms with Gasteiger partial charge >= 0.3 is 0 Å². The Bertz CT molecular complexity index is 1000. The predicted molar refractivity (Wildman–Crippen MR) is 128 cm³/mol. The van der Waals surface area contributed by atoms with Gasteiger partial charge in [0.2, 0.25) is 0 Å². The van der Waals surface area contributed by atoms with Gasteiger partial charge in [-0.3, -0.25) is 4.98 Å². The second kappa shape index (κ2) is 8.46. The van der Waals surface area contributed by atoms with Gasteiger partial charge in [0.05, 0.1) is 22.0 Å². The van der Waals surface area contributed by atoms with Crippen LogP contribution in [0.15, 0.2) is 36.7 Å². The van der Waals surface area contributed by atoms with Gasteiger partial charge in [0.25, 0.3) is 0 Å². The molecule has 2 nitrogen and oxygen atoms in total. The van der Waals surface area contributed by atoms with Gasteiger partial charge in [0.15, 0.2) is 0 Å². The predicted octanol–water partition coefficient (Wildman–Crippen LogP) is 5.26. The largest absolute Gasteiger partial charge is 0.373 e. The Hall–Kier alpha value is -1.27. The Kier molecular flexibility index (Phi) is 7.01. The van der Waals surface area contributed by atoms with Gasteiger partial charge in [0, 0.05) is 39.5 Å². The maximum absolute atomic E-state index is 4.74. The van der Waals surface area contributed by atoms with Crippen molar-refractivity contribution in [1.82, 2.24) is 9.55 Å². The summed E-state index contributed by atoms with van der Waals surface area (Å²) in [5.74, 6) is 1.01. The number of benzene rings is 2. The Labute approximate surface area is 192 Å². The molecule has 3 aromatic rings. The van der Waals surface area contributed by atoms with E-state index in [1.54, 1.807) is 0 Å². The molecule has 1 aromatic heterocycles. The maximum atomic E-state index is 4.74. The van der Waals surface area contributed by atoms with Gasteiger partial charge in [-0.2, -0.15) is 0 Å². The summed E-state index contributed by atoms with van der Waals surface area (Å²) >= 11 is 0. The maximum Gasteiger partial charge on any atom is 0.0577 e. The van der Waals surface area contributed by atoms with Crippen molar-refractivity contribution in [2.75, 3.05) is 0 Å². The average molecular weight is 598 g/mol. The van der Waals surface area contributed by atoms with E-state index in [9.17, 15) is 0 Å². The zero-order valence-corrected chi connectivity index (χ0v) is 23.6. The molecule has 0 saturated heterocycles. The number of aromatic nitrogens is 2. The molecule has 0 atom stereocenters. The van der Waals surface area contributed by atoms with Crippen molar-refractivity contribution >= 4 is 26.5 Å². The first kappa shape index (κ1) is 24.0. The van der Waals surface area contributed by atoms with Gasteiger partial charge in [-0.05, 0) is 13.8 Å². The fourth-order valence-corrected chi connectivity index (χ4v) is 6.62. The zero-order valence-electron chi connectivity index (χ0n) is 19.2. The molecule has 0 aliphatic rings. The zero-order chi connectivity index (χ0) is 20.9. The van der Waals surface area contributed by atoms with Crippen molar-refractivity contribution in [3.8, 4) is 22.5 Å². The third kappa shape index (κ3) is 4.74. The molecular weight excluding hydrogens is 565 g/mol. The van der Waals surface area contributed by atoms with Crippen LogP contribution in [-0.4, -0.2) is 25.7 Å². The van der Waals surface area contributed by atoms with Crippen molar-refractivity contribution in [3.05, 3.63) is 53.9 Å². The van der Waals surface area contributed by atoms with Gasteiger partial charge in [-0.15, -0.1) is 28.1 Å². The number of imidazole rings is 1. The molecule has 1 heterocycles. The summed E-state index contributed by atoms with van der Waals surface area (Å²) in [6.45, 7) is 19.0. The molecule has 5 heteroatoms. The van der Waals surface area contributed by atoms with Gasteiger partial charge in [-0.25, -0.2) is 0 Å². The fraction of sp³-hybridized carbons (Fsp3) is 0.375. The van der Waals surface area contributed by atoms with E-state index in [2.05, 4.69) is 95.1 Å². The molecule has 0 aliphatic heterocycles. The monoisotopic (exact) mass is 598 g/mol. The molecule has 0 fully saturated rings. The SMILES string of the molecule is Cc1cccc(C)c1-c1c(-c2nccn2C)[c-]c([Si](C)(C)C)cc1[Si](C)(C)C.[Ir]. The normalized spacial score (nSPS) is 12.0. The minimum absolute atomic E-state index is 0. The van der Waals surface area contributed by atoms with Crippen LogP contribution in [0.3, 0.4) is 0 Å². The van der Waals surface area contributed by atoms with Crippen molar-refractivity contribution < 1.29 is 20.1 Å². The van der Waals surface area contributed by atoms with Crippen molar-refractivity contribution in [2.24, 2.45) is 7.05 Å². The van der Waals surface area contributed by atoms with E-state index in [1.807, 2.05) is 12.4 Å². The minimum atomic E-state index is -1.61. The number of rotatable bonds is 4. The summed E-state index contributed by atoms with van der Waals surface area (Å²) in [5, 5.41) is 2.93. The molecule has 0 aliphatic carbocycles. The summed E-state index contributed by atoms with van der Waals surface area (Å²) in [6.07, 6.45) is 3.93. The first-order valence-corrected chi connectivity index (χ1v) is 17.1. The molecule has 1 radical (unpaired) electrons. The van der Waals surface area contributed by atoms with Gasteiger partial charge in [-0.1, -0.05) is 79.7 Å². The first-order valence-electron chi connectivity index (χ1n) is 10.1. The molecule has 0 bridgehead atoms. The van der Waals surface area contributed by atoms with E-state index in [1.165, 1.54) is 38.2 Å². The van der Waals surface area contributed by atoms with Crippen LogP contribution in [0.2, 0.25) is 39.3 Å². The summed E-state index contributed by atoms with van der Waals surface area (Å²) < 4.78 is 2.13. The summed E-state index contributed by atoms with van der Waals surface area (Å²) in [4.78, 5) is 4.74. The van der Waals surface area contributed by atoms with Crippen molar-refractivity contribution in [2.45, 2.75) is 53.1 Å². The van der Waals surface area contributed by atoms with Crippen LogP contribution >= 0.6 is 0 Å². The molecular formula is C24H33IrN2Si2-. The first-order chi connectivity index (χ1) is 12.9. The number of hydrogen-bond acceptors (Lipinski definition) is 1. The molecule has 0 saturated carbocycles. The van der Waals surface area contributed by atoms with Crippen molar-refractivity contribution in [1.29, 1.82) is 0 Å². The Morgan fingerprint density at radius 1 is 0.897 bits per heavy atom. The van der Waals surface area contributed by atoms with Crippen LogP contribution in [0.5, 0.6) is 0 Å². The molecule has 0 N–H and O–H groups in total. The molecule has 3 rings (SSSR count). The summed E-state index contributed by atoms with van der Waals surface area (Å²) in [7, 11) is -1.06. The Morgan fingerprint density at radius 2 is 1.48 bits per heavy atom. The molecule has 0 unspecified atom stereocenters. The smallest absolute Gasteiger partial charge is 0.0577 e. The second-order valence-electron chi connectivity index (χ2n) is 9.98. The van der Waals surface area contributed by atoms with E-state index < -0.39 is 16.1 Å². The van der Waals surface area contributed by atoms with E-state index in [4.69, 9.17) is 4.98 Å². The van der Waals surface area contributed by atoms with Crippen LogP contribution < -0.4 is 10.4 Å². The standard InChI is InChI=1S/C24H33N2Si2.Ir/c1-17-11-10-12-18(2)22(17)23-20(24-25-13-14-26(24)3)15-19(27(4,5)6)16-21(23)28(7,8)9;/h10-14,16H,1-9H3;/q-1;. The van der Waals surface area contributed by atoms with Crippen molar-refractivity contribution in [3.63, 3.8) is 0 Å². The fourth-order valence-electron chi connectivity index (χ4n) is 3.82. The number of nitrogens with zero attached hydrogens (tertiary/aromatic N) is 2. The topological polar surface area (TPSA) is 17.8 Å². The summed E-state index contributed by atoms with van der Waals surface area (Å²) in [5.41, 5.74) is 6.53. The molecule has 29 heavy (non-hydrogen) atoms. The van der Waals surface area contributed by atoms with E-state index in [-0.39, 0.29) is 20.1 Å². The Morgan fingerprint density at radius 3 is 1.93 bits per heavy atom. The minimum Gasteiger partial charge on any atom is -0.373 e. The van der Waals surface area contributed by atoms with Crippen LogP contribution in [0.25, 0.3) is 22.5 Å². The van der Waals surface area contributed by atoms with E-state index in [0.717, 1.165) is 5.82 Å².